The number of carbonyl (C=O) groups is 1. The molecule has 1 aromatic carbocycles. The lowest BCUT2D eigenvalue weighted by atomic mass is 9.96. The molecule has 0 fully saturated rings. The van der Waals surface area contributed by atoms with Gasteiger partial charge in [-0.05, 0) is 36.0 Å². The number of hydrogen-bond acceptors (Lipinski definition) is 3. The molecule has 0 aliphatic heterocycles. The average molecular weight is 308 g/mol. The van der Waals surface area contributed by atoms with Gasteiger partial charge in [-0.25, -0.2) is 0 Å². The summed E-state index contributed by atoms with van der Waals surface area (Å²) in [5.74, 6) is 1.66. The third kappa shape index (κ3) is 8.06. The summed E-state index contributed by atoms with van der Waals surface area (Å²) in [7, 11) is 1.69. The lowest BCUT2D eigenvalue weighted by Gasteiger charge is -2.24. The van der Waals surface area contributed by atoms with Crippen molar-refractivity contribution in [3.8, 4) is 5.75 Å². The van der Waals surface area contributed by atoms with E-state index in [1.807, 2.05) is 19.1 Å². The van der Waals surface area contributed by atoms with Crippen molar-refractivity contribution in [2.75, 3.05) is 7.11 Å². The van der Waals surface area contributed by atoms with Crippen LogP contribution in [0.3, 0.4) is 0 Å². The molecule has 3 heteroatoms. The van der Waals surface area contributed by atoms with Crippen molar-refractivity contribution in [3.05, 3.63) is 29.8 Å². The molecule has 0 bridgehead atoms. The molecule has 1 aromatic rings. The molecule has 0 unspecified atom stereocenters. The first kappa shape index (κ1) is 20.5. The summed E-state index contributed by atoms with van der Waals surface area (Å²) in [6.45, 7) is 12.3. The minimum atomic E-state index is -0.0950. The van der Waals surface area contributed by atoms with E-state index in [4.69, 9.17) is 9.47 Å². The summed E-state index contributed by atoms with van der Waals surface area (Å²) in [6, 6.07) is 8.12. The van der Waals surface area contributed by atoms with Gasteiger partial charge in [-0.15, -0.1) is 0 Å². The van der Waals surface area contributed by atoms with Crippen molar-refractivity contribution in [1.29, 1.82) is 0 Å². The number of rotatable bonds is 6. The summed E-state index contributed by atoms with van der Waals surface area (Å²) in [5, 5.41) is 0. The van der Waals surface area contributed by atoms with E-state index in [9.17, 15) is 4.79 Å². The quantitative estimate of drug-likeness (QED) is 0.703. The van der Waals surface area contributed by atoms with E-state index in [2.05, 4.69) is 46.8 Å². The molecule has 0 spiro atoms. The third-order valence-electron chi connectivity index (χ3n) is 3.41. The monoisotopic (exact) mass is 308 g/mol. The topological polar surface area (TPSA) is 35.5 Å². The molecule has 0 aromatic heterocycles. The van der Waals surface area contributed by atoms with Gasteiger partial charge >= 0.3 is 5.97 Å². The number of aryl methyl sites for hydroxylation is 1. The Kier molecular flexibility index (Phi) is 10.3. The standard InChI is InChI=1S/C10H20O2.C9H12O/c1-6-9(11)12-10(7(2)3)8(4)5;1-3-8-5-4-6-9(7-8)10-2/h7-8,10H,6H2,1-5H3;4-7H,3H2,1-2H3. The Morgan fingerprint density at radius 2 is 1.68 bits per heavy atom. The number of benzene rings is 1. The van der Waals surface area contributed by atoms with Crippen LogP contribution < -0.4 is 4.74 Å². The largest absolute Gasteiger partial charge is 0.497 e. The summed E-state index contributed by atoms with van der Waals surface area (Å²) in [4.78, 5) is 11.0. The predicted octanol–water partition coefficient (Wildman–Crippen LogP) is 4.88. The molecule has 0 aliphatic rings. The normalized spacial score (nSPS) is 10.5. The van der Waals surface area contributed by atoms with Gasteiger partial charge in [0.25, 0.3) is 0 Å². The van der Waals surface area contributed by atoms with Crippen LogP contribution in [0.15, 0.2) is 24.3 Å². The van der Waals surface area contributed by atoms with Crippen LogP contribution in [0.2, 0.25) is 0 Å². The zero-order valence-corrected chi connectivity index (χ0v) is 15.2. The molecule has 0 N–H and O–H groups in total. The average Bonchev–Trinajstić information content (AvgIpc) is 2.52. The van der Waals surface area contributed by atoms with Crippen LogP contribution in [-0.4, -0.2) is 19.2 Å². The van der Waals surface area contributed by atoms with Gasteiger partial charge < -0.3 is 9.47 Å². The maximum absolute atomic E-state index is 11.0. The predicted molar refractivity (Wildman–Crippen MR) is 92.2 cm³/mol. The molecular formula is C19H32O3. The van der Waals surface area contributed by atoms with Crippen LogP contribution in [0, 0.1) is 11.8 Å². The number of carbonyl (C=O) groups excluding carboxylic acids is 1. The van der Waals surface area contributed by atoms with Gasteiger partial charge in [0.2, 0.25) is 0 Å². The Morgan fingerprint density at radius 3 is 2.09 bits per heavy atom. The van der Waals surface area contributed by atoms with E-state index in [1.165, 1.54) is 5.56 Å². The van der Waals surface area contributed by atoms with Crippen LogP contribution >= 0.6 is 0 Å². The molecule has 3 nitrogen and oxygen atoms in total. The van der Waals surface area contributed by atoms with Crippen molar-refractivity contribution in [1.82, 2.24) is 0 Å². The second-order valence-corrected chi connectivity index (χ2v) is 6.00. The maximum atomic E-state index is 11.0. The summed E-state index contributed by atoms with van der Waals surface area (Å²) in [5.41, 5.74) is 1.32. The lowest BCUT2D eigenvalue weighted by Crippen LogP contribution is -2.28. The second kappa shape index (κ2) is 11.1. The van der Waals surface area contributed by atoms with E-state index in [-0.39, 0.29) is 12.1 Å². The molecule has 0 radical (unpaired) electrons. The van der Waals surface area contributed by atoms with E-state index in [0.29, 0.717) is 18.3 Å². The molecule has 0 atom stereocenters. The van der Waals surface area contributed by atoms with Crippen molar-refractivity contribution < 1.29 is 14.3 Å². The minimum Gasteiger partial charge on any atom is -0.497 e. The molecule has 0 saturated carbocycles. The molecule has 22 heavy (non-hydrogen) atoms. The van der Waals surface area contributed by atoms with Crippen LogP contribution in [0.5, 0.6) is 5.75 Å². The van der Waals surface area contributed by atoms with Crippen LogP contribution in [0.25, 0.3) is 0 Å². The van der Waals surface area contributed by atoms with E-state index >= 15 is 0 Å². The van der Waals surface area contributed by atoms with E-state index in [1.54, 1.807) is 7.11 Å². The number of ether oxygens (including phenoxy) is 2. The first-order valence-electron chi connectivity index (χ1n) is 8.18. The highest BCUT2D eigenvalue weighted by Crippen LogP contribution is 2.16. The van der Waals surface area contributed by atoms with Crippen molar-refractivity contribution in [3.63, 3.8) is 0 Å². The van der Waals surface area contributed by atoms with Gasteiger partial charge in [0.1, 0.15) is 11.9 Å². The molecule has 1 rings (SSSR count). The molecule has 0 saturated heterocycles. The van der Waals surface area contributed by atoms with Gasteiger partial charge in [-0.1, -0.05) is 53.7 Å². The first-order valence-corrected chi connectivity index (χ1v) is 8.18. The minimum absolute atomic E-state index is 0.0671. The van der Waals surface area contributed by atoms with Crippen molar-refractivity contribution in [2.24, 2.45) is 11.8 Å². The maximum Gasteiger partial charge on any atom is 0.305 e. The Labute approximate surface area is 136 Å². The van der Waals surface area contributed by atoms with E-state index < -0.39 is 0 Å². The van der Waals surface area contributed by atoms with Crippen LogP contribution in [0.4, 0.5) is 0 Å². The van der Waals surface area contributed by atoms with Gasteiger partial charge in [-0.2, -0.15) is 0 Å². The van der Waals surface area contributed by atoms with Crippen LogP contribution in [-0.2, 0) is 16.0 Å². The smallest absolute Gasteiger partial charge is 0.305 e. The molecule has 0 heterocycles. The molecule has 126 valence electrons. The lowest BCUT2D eigenvalue weighted by molar-refractivity contribution is -0.153. The highest BCUT2D eigenvalue weighted by Gasteiger charge is 2.20. The zero-order valence-electron chi connectivity index (χ0n) is 15.2. The highest BCUT2D eigenvalue weighted by atomic mass is 16.5. The van der Waals surface area contributed by atoms with Crippen molar-refractivity contribution in [2.45, 2.75) is 60.5 Å². The van der Waals surface area contributed by atoms with Gasteiger partial charge in [0.15, 0.2) is 0 Å². The Morgan fingerprint density at radius 1 is 1.09 bits per heavy atom. The molecule has 0 amide bonds. The zero-order chi connectivity index (χ0) is 17.1. The first-order chi connectivity index (χ1) is 10.3. The Hall–Kier alpha value is -1.51. The fourth-order valence-electron chi connectivity index (χ4n) is 2.17. The van der Waals surface area contributed by atoms with Crippen molar-refractivity contribution >= 4 is 5.97 Å². The highest BCUT2D eigenvalue weighted by molar-refractivity contribution is 5.69. The second-order valence-electron chi connectivity index (χ2n) is 6.00. The van der Waals surface area contributed by atoms with Gasteiger partial charge in [0.05, 0.1) is 7.11 Å². The van der Waals surface area contributed by atoms with Gasteiger partial charge in [-0.3, -0.25) is 4.79 Å². The Balaban J connectivity index is 0.000000406. The SMILES string of the molecule is CCC(=O)OC(C(C)C)C(C)C.CCc1cccc(OC)c1. The summed E-state index contributed by atoms with van der Waals surface area (Å²) >= 11 is 0. The number of esters is 1. The fourth-order valence-corrected chi connectivity index (χ4v) is 2.17. The molecular weight excluding hydrogens is 276 g/mol. The number of hydrogen-bond donors (Lipinski definition) is 0. The molecule has 0 aliphatic carbocycles. The van der Waals surface area contributed by atoms with E-state index in [0.717, 1.165) is 12.2 Å². The van der Waals surface area contributed by atoms with Gasteiger partial charge in [0, 0.05) is 6.42 Å². The summed E-state index contributed by atoms with van der Waals surface area (Å²) < 4.78 is 10.3. The Bertz CT molecular complexity index is 397. The third-order valence-corrected chi connectivity index (χ3v) is 3.41. The number of methoxy groups -OCH3 is 1. The summed E-state index contributed by atoms with van der Waals surface area (Å²) in [6.07, 6.45) is 1.60. The van der Waals surface area contributed by atoms with Crippen LogP contribution in [0.1, 0.15) is 53.5 Å². The fraction of sp³-hybridized carbons (Fsp3) is 0.632.